The molecule has 1 aromatic carbocycles. The van der Waals surface area contributed by atoms with Gasteiger partial charge < -0.3 is 10.2 Å². The molecule has 1 aliphatic heterocycles. The predicted octanol–water partition coefficient (Wildman–Crippen LogP) is 3.27. The molecule has 1 unspecified atom stereocenters. The van der Waals surface area contributed by atoms with Gasteiger partial charge in [0.1, 0.15) is 0 Å². The van der Waals surface area contributed by atoms with E-state index in [1.807, 2.05) is 12.1 Å². The van der Waals surface area contributed by atoms with Crippen LogP contribution in [0.2, 0.25) is 5.02 Å². The summed E-state index contributed by atoms with van der Waals surface area (Å²) in [6, 6.07) is 9.79. The topological polar surface area (TPSA) is 15.3 Å². The van der Waals surface area contributed by atoms with Gasteiger partial charge in [0.25, 0.3) is 0 Å². The summed E-state index contributed by atoms with van der Waals surface area (Å²) >= 11 is 5.93. The maximum absolute atomic E-state index is 5.93. The van der Waals surface area contributed by atoms with Crippen LogP contribution in [0.5, 0.6) is 0 Å². The quantitative estimate of drug-likeness (QED) is 0.913. The predicted molar refractivity (Wildman–Crippen MR) is 80.9 cm³/mol. The van der Waals surface area contributed by atoms with E-state index in [-0.39, 0.29) is 0 Å². The van der Waals surface area contributed by atoms with Gasteiger partial charge in [0, 0.05) is 23.7 Å². The molecule has 0 bridgehead atoms. The molecule has 0 spiro atoms. The van der Waals surface area contributed by atoms with Gasteiger partial charge in [-0.3, -0.25) is 0 Å². The van der Waals surface area contributed by atoms with Gasteiger partial charge in [-0.25, -0.2) is 0 Å². The third kappa shape index (κ3) is 3.31. The number of piperidine rings is 1. The SMILES string of the molecule is CN1CCCC(NC2CC(c3ccc(Cl)cc3)C2)C1. The lowest BCUT2D eigenvalue weighted by Crippen LogP contribution is -2.51. The number of nitrogens with one attached hydrogen (secondary N) is 1. The second kappa shape index (κ2) is 5.82. The van der Waals surface area contributed by atoms with Crippen LogP contribution in [-0.2, 0) is 0 Å². The van der Waals surface area contributed by atoms with E-state index in [9.17, 15) is 0 Å². The highest BCUT2D eigenvalue weighted by Gasteiger charge is 2.32. The van der Waals surface area contributed by atoms with Gasteiger partial charge in [0.15, 0.2) is 0 Å². The molecule has 0 aromatic heterocycles. The molecule has 1 saturated heterocycles. The second-order valence-corrected chi connectivity index (χ2v) is 6.62. The Morgan fingerprint density at radius 2 is 1.89 bits per heavy atom. The molecule has 1 atom stereocenters. The Morgan fingerprint density at radius 1 is 1.16 bits per heavy atom. The molecule has 1 aromatic rings. The smallest absolute Gasteiger partial charge is 0.0406 e. The van der Waals surface area contributed by atoms with Gasteiger partial charge in [-0.15, -0.1) is 0 Å². The van der Waals surface area contributed by atoms with Crippen LogP contribution in [0.15, 0.2) is 24.3 Å². The van der Waals surface area contributed by atoms with Crippen LogP contribution in [0.4, 0.5) is 0 Å². The fourth-order valence-electron chi connectivity index (χ4n) is 3.40. The van der Waals surface area contributed by atoms with Gasteiger partial charge in [-0.1, -0.05) is 23.7 Å². The summed E-state index contributed by atoms with van der Waals surface area (Å²) in [7, 11) is 2.23. The molecule has 2 aliphatic rings. The molecule has 3 heteroatoms. The van der Waals surface area contributed by atoms with Crippen molar-refractivity contribution < 1.29 is 0 Å². The van der Waals surface area contributed by atoms with Crippen molar-refractivity contribution in [1.29, 1.82) is 0 Å². The highest BCUT2D eigenvalue weighted by Crippen LogP contribution is 2.37. The standard InChI is InChI=1S/C16H23ClN2/c1-19-8-2-3-15(11-19)18-16-9-13(10-16)12-4-6-14(17)7-5-12/h4-7,13,15-16,18H,2-3,8-11H2,1H3. The summed E-state index contributed by atoms with van der Waals surface area (Å²) in [4.78, 5) is 2.44. The van der Waals surface area contributed by atoms with Gasteiger partial charge >= 0.3 is 0 Å². The number of rotatable bonds is 3. The highest BCUT2D eigenvalue weighted by molar-refractivity contribution is 6.30. The van der Waals surface area contributed by atoms with Gasteiger partial charge in [0.2, 0.25) is 0 Å². The van der Waals surface area contributed by atoms with Crippen LogP contribution in [0.1, 0.15) is 37.2 Å². The van der Waals surface area contributed by atoms with E-state index < -0.39 is 0 Å². The summed E-state index contributed by atoms with van der Waals surface area (Å²) in [5, 5.41) is 4.67. The average molecular weight is 279 g/mol. The summed E-state index contributed by atoms with van der Waals surface area (Å²) in [5.41, 5.74) is 1.45. The fraction of sp³-hybridized carbons (Fsp3) is 0.625. The molecule has 104 valence electrons. The molecule has 1 saturated carbocycles. The molecular formula is C16H23ClN2. The minimum absolute atomic E-state index is 0.704. The zero-order valence-corrected chi connectivity index (χ0v) is 12.4. The van der Waals surface area contributed by atoms with E-state index >= 15 is 0 Å². The molecule has 19 heavy (non-hydrogen) atoms. The lowest BCUT2D eigenvalue weighted by atomic mass is 9.75. The van der Waals surface area contributed by atoms with E-state index in [0.29, 0.717) is 6.04 Å². The molecule has 2 nitrogen and oxygen atoms in total. The molecule has 0 radical (unpaired) electrons. The van der Waals surface area contributed by atoms with Crippen LogP contribution < -0.4 is 5.32 Å². The average Bonchev–Trinajstić information content (AvgIpc) is 2.35. The maximum Gasteiger partial charge on any atom is 0.0406 e. The number of likely N-dealkylation sites (tertiary alicyclic amines) is 1. The Balaban J connectivity index is 1.46. The monoisotopic (exact) mass is 278 g/mol. The number of nitrogens with zero attached hydrogens (tertiary/aromatic N) is 1. The molecule has 1 heterocycles. The molecule has 0 amide bonds. The van der Waals surface area contributed by atoms with Crippen LogP contribution in [0.3, 0.4) is 0 Å². The van der Waals surface area contributed by atoms with Gasteiger partial charge in [0.05, 0.1) is 0 Å². The molecule has 1 aliphatic carbocycles. The number of likely N-dealkylation sites (N-methyl/N-ethyl adjacent to an activating group) is 1. The van der Waals surface area contributed by atoms with E-state index in [4.69, 9.17) is 11.6 Å². The summed E-state index contributed by atoms with van der Waals surface area (Å²) < 4.78 is 0. The first-order valence-corrected chi connectivity index (χ1v) is 7.78. The fourth-order valence-corrected chi connectivity index (χ4v) is 3.52. The minimum Gasteiger partial charge on any atom is -0.310 e. The first-order chi connectivity index (χ1) is 9.20. The van der Waals surface area contributed by atoms with Gasteiger partial charge in [-0.05, 0) is 62.9 Å². The van der Waals surface area contributed by atoms with Crippen LogP contribution >= 0.6 is 11.6 Å². The van der Waals surface area contributed by atoms with Crippen molar-refractivity contribution in [3.63, 3.8) is 0 Å². The van der Waals surface area contributed by atoms with Crippen molar-refractivity contribution >= 4 is 11.6 Å². The highest BCUT2D eigenvalue weighted by atomic mass is 35.5. The Morgan fingerprint density at radius 3 is 2.58 bits per heavy atom. The molecular weight excluding hydrogens is 256 g/mol. The lowest BCUT2D eigenvalue weighted by molar-refractivity contribution is 0.185. The van der Waals surface area contributed by atoms with Crippen molar-refractivity contribution in [3.8, 4) is 0 Å². The van der Waals surface area contributed by atoms with E-state index in [2.05, 4.69) is 29.4 Å². The van der Waals surface area contributed by atoms with E-state index in [0.717, 1.165) is 17.0 Å². The molecule has 3 rings (SSSR count). The normalized spacial score (nSPS) is 32.0. The maximum atomic E-state index is 5.93. The molecule has 2 fully saturated rings. The summed E-state index contributed by atoms with van der Waals surface area (Å²) in [5.74, 6) is 0.732. The Hall–Kier alpha value is -0.570. The third-order valence-electron chi connectivity index (χ3n) is 4.58. The van der Waals surface area contributed by atoms with Crippen molar-refractivity contribution in [3.05, 3.63) is 34.9 Å². The Kier molecular flexibility index (Phi) is 4.11. The minimum atomic E-state index is 0.704. The van der Waals surface area contributed by atoms with E-state index in [1.165, 1.54) is 44.3 Å². The van der Waals surface area contributed by atoms with Crippen molar-refractivity contribution in [2.24, 2.45) is 0 Å². The lowest BCUT2D eigenvalue weighted by Gasteiger charge is -2.41. The Bertz CT molecular complexity index is 411. The van der Waals surface area contributed by atoms with Crippen molar-refractivity contribution in [1.82, 2.24) is 10.2 Å². The summed E-state index contributed by atoms with van der Waals surface area (Å²) in [6.07, 6.45) is 5.23. The van der Waals surface area contributed by atoms with Crippen molar-refractivity contribution in [2.75, 3.05) is 20.1 Å². The summed E-state index contributed by atoms with van der Waals surface area (Å²) in [6.45, 7) is 2.47. The first kappa shape index (κ1) is 13.4. The van der Waals surface area contributed by atoms with Gasteiger partial charge in [-0.2, -0.15) is 0 Å². The zero-order valence-electron chi connectivity index (χ0n) is 11.6. The number of benzene rings is 1. The first-order valence-electron chi connectivity index (χ1n) is 7.41. The van der Waals surface area contributed by atoms with E-state index in [1.54, 1.807) is 0 Å². The second-order valence-electron chi connectivity index (χ2n) is 6.18. The van der Waals surface area contributed by atoms with Crippen LogP contribution in [0.25, 0.3) is 0 Å². The van der Waals surface area contributed by atoms with Crippen LogP contribution in [-0.4, -0.2) is 37.1 Å². The largest absolute Gasteiger partial charge is 0.310 e. The third-order valence-corrected chi connectivity index (χ3v) is 4.83. The number of hydrogen-bond acceptors (Lipinski definition) is 2. The number of halogens is 1. The zero-order chi connectivity index (χ0) is 13.2. The van der Waals surface area contributed by atoms with Crippen molar-refractivity contribution in [2.45, 2.75) is 43.7 Å². The van der Waals surface area contributed by atoms with Crippen LogP contribution in [0, 0.1) is 0 Å². The number of hydrogen-bond donors (Lipinski definition) is 1. The molecule has 1 N–H and O–H groups in total. The Labute approximate surface area is 121 Å².